The van der Waals surface area contributed by atoms with Crippen molar-refractivity contribution in [3.8, 4) is 17.4 Å². The number of hydrogen-bond acceptors (Lipinski definition) is 5. The van der Waals surface area contributed by atoms with Crippen LogP contribution in [0.1, 0.15) is 11.3 Å². The Morgan fingerprint density at radius 3 is 2.61 bits per heavy atom. The lowest BCUT2D eigenvalue weighted by Crippen LogP contribution is -2.13. The molecule has 28 heavy (non-hydrogen) atoms. The van der Waals surface area contributed by atoms with Crippen molar-refractivity contribution in [3.63, 3.8) is 0 Å². The van der Waals surface area contributed by atoms with Crippen molar-refractivity contribution in [3.05, 3.63) is 87.7 Å². The third-order valence-corrected chi connectivity index (χ3v) is 4.00. The minimum absolute atomic E-state index is 0.00838. The molecule has 138 valence electrons. The number of nitrogens with zero attached hydrogens (tertiary/aromatic N) is 2. The predicted octanol–water partition coefficient (Wildman–Crippen LogP) is 4.71. The first-order valence-electron chi connectivity index (χ1n) is 8.31. The zero-order chi connectivity index (χ0) is 20.1. The van der Waals surface area contributed by atoms with Crippen LogP contribution in [-0.4, -0.2) is 10.8 Å². The first-order valence-corrected chi connectivity index (χ1v) is 8.31. The minimum atomic E-state index is -0.558. The Balaban J connectivity index is 1.84. The van der Waals surface area contributed by atoms with E-state index < -0.39 is 10.8 Å². The van der Waals surface area contributed by atoms with Crippen molar-refractivity contribution in [2.75, 3.05) is 5.32 Å². The summed E-state index contributed by atoms with van der Waals surface area (Å²) in [7, 11) is 0. The normalized spacial score (nSPS) is 10.9. The lowest BCUT2D eigenvalue weighted by molar-refractivity contribution is -0.385. The maximum Gasteiger partial charge on any atom is 0.273 e. The van der Waals surface area contributed by atoms with Crippen LogP contribution in [0.3, 0.4) is 0 Å². The van der Waals surface area contributed by atoms with Gasteiger partial charge in [-0.05, 0) is 31.2 Å². The fourth-order valence-corrected chi connectivity index (χ4v) is 2.56. The molecule has 0 saturated heterocycles. The summed E-state index contributed by atoms with van der Waals surface area (Å²) in [5.74, 6) is 0.130. The molecule has 7 heteroatoms. The molecule has 0 aliphatic carbocycles. The Morgan fingerprint density at radius 1 is 1.18 bits per heavy atom. The number of carbonyl (C=O) groups excluding carboxylic acids is 1. The van der Waals surface area contributed by atoms with Gasteiger partial charge in [0, 0.05) is 29.0 Å². The van der Waals surface area contributed by atoms with Gasteiger partial charge < -0.3 is 9.73 Å². The van der Waals surface area contributed by atoms with Crippen LogP contribution >= 0.6 is 0 Å². The Bertz CT molecular complexity index is 1110. The zero-order valence-corrected chi connectivity index (χ0v) is 14.9. The summed E-state index contributed by atoms with van der Waals surface area (Å²) in [6.07, 6.45) is 1.32. The van der Waals surface area contributed by atoms with Gasteiger partial charge in [0.05, 0.1) is 4.92 Å². The summed E-state index contributed by atoms with van der Waals surface area (Å²) in [6, 6.07) is 18.6. The van der Waals surface area contributed by atoms with Crippen molar-refractivity contribution in [1.29, 1.82) is 5.26 Å². The van der Waals surface area contributed by atoms with Crippen molar-refractivity contribution in [1.82, 2.24) is 0 Å². The molecule has 0 radical (unpaired) electrons. The molecular formula is C21H15N3O4. The second kappa shape index (κ2) is 8.01. The number of benzene rings is 2. The van der Waals surface area contributed by atoms with Crippen molar-refractivity contribution < 1.29 is 14.1 Å². The van der Waals surface area contributed by atoms with E-state index in [-0.39, 0.29) is 17.0 Å². The average molecular weight is 373 g/mol. The highest BCUT2D eigenvalue weighted by Crippen LogP contribution is 2.28. The lowest BCUT2D eigenvalue weighted by atomic mass is 10.1. The summed E-state index contributed by atoms with van der Waals surface area (Å²) in [6.45, 7) is 1.66. The number of anilines is 1. The number of aryl methyl sites for hydroxylation is 1. The molecule has 7 nitrogen and oxygen atoms in total. The quantitative estimate of drug-likeness (QED) is 0.301. The number of nitro benzene ring substituents is 1. The molecule has 1 N–H and O–H groups in total. The van der Waals surface area contributed by atoms with Crippen LogP contribution in [0.15, 0.2) is 70.7 Å². The summed E-state index contributed by atoms with van der Waals surface area (Å²) >= 11 is 0. The maximum atomic E-state index is 12.3. The number of rotatable bonds is 5. The standard InChI is InChI=1S/C21H15N3O4/c1-14-7-8-15(12-19(14)24(26)27)20-10-9-18(28-20)11-16(13-22)21(25)23-17-5-3-2-4-6-17/h2-12H,1H3,(H,23,25)/b16-11+. The number of carbonyl (C=O) groups is 1. The smallest absolute Gasteiger partial charge is 0.273 e. The van der Waals surface area contributed by atoms with Gasteiger partial charge in [-0.1, -0.05) is 30.3 Å². The molecule has 1 heterocycles. The third kappa shape index (κ3) is 4.14. The van der Waals surface area contributed by atoms with Crippen LogP contribution in [0.5, 0.6) is 0 Å². The monoisotopic (exact) mass is 373 g/mol. The summed E-state index contributed by atoms with van der Waals surface area (Å²) in [5.41, 5.74) is 1.51. The second-order valence-corrected chi connectivity index (χ2v) is 5.95. The van der Waals surface area contributed by atoms with Crippen molar-refractivity contribution in [2.45, 2.75) is 6.92 Å². The van der Waals surface area contributed by atoms with Gasteiger partial charge in [0.2, 0.25) is 0 Å². The van der Waals surface area contributed by atoms with Crippen molar-refractivity contribution in [2.24, 2.45) is 0 Å². The second-order valence-electron chi connectivity index (χ2n) is 5.95. The third-order valence-electron chi connectivity index (χ3n) is 4.00. The lowest BCUT2D eigenvalue weighted by Gasteiger charge is -2.03. The molecule has 1 amide bonds. The highest BCUT2D eigenvalue weighted by molar-refractivity contribution is 6.09. The van der Waals surface area contributed by atoms with Crippen LogP contribution in [0, 0.1) is 28.4 Å². The van der Waals surface area contributed by atoms with E-state index in [1.54, 1.807) is 55.5 Å². The number of furan rings is 1. The van der Waals surface area contributed by atoms with Gasteiger partial charge >= 0.3 is 0 Å². The highest BCUT2D eigenvalue weighted by Gasteiger charge is 2.15. The van der Waals surface area contributed by atoms with Gasteiger partial charge in [0.1, 0.15) is 23.2 Å². The van der Waals surface area contributed by atoms with E-state index >= 15 is 0 Å². The van der Waals surface area contributed by atoms with Gasteiger partial charge in [-0.25, -0.2) is 0 Å². The zero-order valence-electron chi connectivity index (χ0n) is 14.9. The molecule has 0 aliphatic heterocycles. The van der Waals surface area contributed by atoms with Gasteiger partial charge in [0.25, 0.3) is 11.6 Å². The summed E-state index contributed by atoms with van der Waals surface area (Å²) in [4.78, 5) is 22.9. The first kappa shape index (κ1) is 18.6. The van der Waals surface area contributed by atoms with Gasteiger partial charge in [0.15, 0.2) is 0 Å². The predicted molar refractivity (Wildman–Crippen MR) is 104 cm³/mol. The van der Waals surface area contributed by atoms with Crippen LogP contribution in [0.25, 0.3) is 17.4 Å². The van der Waals surface area contributed by atoms with Gasteiger partial charge in [-0.3, -0.25) is 14.9 Å². The van der Waals surface area contributed by atoms with Gasteiger partial charge in [-0.2, -0.15) is 5.26 Å². The Kier molecular flexibility index (Phi) is 5.33. The molecule has 0 spiro atoms. The van der Waals surface area contributed by atoms with E-state index in [2.05, 4.69) is 5.32 Å². The van der Waals surface area contributed by atoms with Crippen molar-refractivity contribution >= 4 is 23.4 Å². The summed E-state index contributed by atoms with van der Waals surface area (Å²) in [5, 5.41) is 23.0. The number of hydrogen-bond donors (Lipinski definition) is 1. The van der Waals surface area contributed by atoms with Gasteiger partial charge in [-0.15, -0.1) is 0 Å². The Morgan fingerprint density at radius 2 is 1.93 bits per heavy atom. The topological polar surface area (TPSA) is 109 Å². The van der Waals surface area contributed by atoms with Crippen LogP contribution in [-0.2, 0) is 4.79 Å². The largest absolute Gasteiger partial charge is 0.457 e. The molecule has 0 atom stereocenters. The summed E-state index contributed by atoms with van der Waals surface area (Å²) < 4.78 is 5.65. The molecule has 2 aromatic carbocycles. The van der Waals surface area contributed by atoms with Crippen LogP contribution in [0.2, 0.25) is 0 Å². The number of nitriles is 1. The average Bonchev–Trinajstić information content (AvgIpc) is 3.15. The van der Waals surface area contributed by atoms with E-state index in [0.717, 1.165) is 0 Å². The van der Waals surface area contributed by atoms with E-state index in [1.165, 1.54) is 12.1 Å². The fourth-order valence-electron chi connectivity index (χ4n) is 2.56. The molecule has 1 aromatic heterocycles. The Hall–Kier alpha value is -4.18. The number of amides is 1. The fraction of sp³-hybridized carbons (Fsp3) is 0.0476. The van der Waals surface area contributed by atoms with E-state index in [0.29, 0.717) is 22.6 Å². The molecule has 0 aliphatic rings. The molecule has 3 aromatic rings. The van der Waals surface area contributed by atoms with Crippen LogP contribution < -0.4 is 5.32 Å². The number of nitro groups is 1. The SMILES string of the molecule is Cc1ccc(-c2ccc(/C=C(\C#N)C(=O)Nc3ccccc3)o2)cc1[N+](=O)[O-]. The molecule has 0 bridgehead atoms. The molecule has 0 saturated carbocycles. The van der Waals surface area contributed by atoms with Crippen LogP contribution in [0.4, 0.5) is 11.4 Å². The highest BCUT2D eigenvalue weighted by atomic mass is 16.6. The number of nitrogens with one attached hydrogen (secondary N) is 1. The minimum Gasteiger partial charge on any atom is -0.457 e. The first-order chi connectivity index (χ1) is 13.5. The molecule has 3 rings (SSSR count). The van der Waals surface area contributed by atoms with E-state index in [4.69, 9.17) is 4.42 Å². The van der Waals surface area contributed by atoms with E-state index in [1.807, 2.05) is 12.1 Å². The molecular weight excluding hydrogens is 358 g/mol. The number of para-hydroxylation sites is 1. The Labute approximate surface area is 160 Å². The molecule has 0 fully saturated rings. The van der Waals surface area contributed by atoms with E-state index in [9.17, 15) is 20.2 Å². The maximum absolute atomic E-state index is 12.3. The molecule has 0 unspecified atom stereocenters.